The zero-order valence-corrected chi connectivity index (χ0v) is 13.0. The van der Waals surface area contributed by atoms with Crippen molar-refractivity contribution in [3.8, 4) is 0 Å². The molecule has 1 rings (SSSR count). The van der Waals surface area contributed by atoms with Crippen molar-refractivity contribution in [3.05, 3.63) is 23.8 Å². The lowest BCUT2D eigenvalue weighted by atomic mass is 9.97. The van der Waals surface area contributed by atoms with Crippen LogP contribution >= 0.6 is 0 Å². The van der Waals surface area contributed by atoms with Crippen LogP contribution in [-0.2, 0) is 9.53 Å². The first-order valence-corrected chi connectivity index (χ1v) is 7.28. The summed E-state index contributed by atoms with van der Waals surface area (Å²) in [5.41, 5.74) is 1.55. The van der Waals surface area contributed by atoms with Gasteiger partial charge in [0, 0.05) is 6.08 Å². The van der Waals surface area contributed by atoms with E-state index in [1.165, 1.54) is 32.4 Å². The van der Waals surface area contributed by atoms with E-state index < -0.39 is 0 Å². The maximum atomic E-state index is 11.0. The Labute approximate surface area is 117 Å². The number of methoxy groups -OCH3 is 1. The Balaban J connectivity index is 2.20. The molecule has 108 valence electrons. The largest absolute Gasteiger partial charge is 0.466 e. The second-order valence-corrected chi connectivity index (χ2v) is 6.62. The fourth-order valence-electron chi connectivity index (χ4n) is 2.45. The van der Waals surface area contributed by atoms with Gasteiger partial charge in [0.05, 0.1) is 7.11 Å². The molecule has 2 heteroatoms. The van der Waals surface area contributed by atoms with Crippen molar-refractivity contribution in [2.45, 2.75) is 53.4 Å². The second-order valence-electron chi connectivity index (χ2n) is 6.62. The fraction of sp³-hybridized carbons (Fsp3) is 0.706. The quantitative estimate of drug-likeness (QED) is 0.384. The lowest BCUT2D eigenvalue weighted by Crippen LogP contribution is -1.97. The molecule has 2 unspecified atom stereocenters. The van der Waals surface area contributed by atoms with E-state index in [1.807, 2.05) is 13.0 Å². The van der Waals surface area contributed by atoms with E-state index in [0.29, 0.717) is 5.41 Å². The lowest BCUT2D eigenvalue weighted by Gasteiger charge is -2.09. The SMILES string of the molecule is COC(=O)/C=C(C)/C=C/CC(C)CCC1CC1(C)C. The van der Waals surface area contributed by atoms with Crippen LogP contribution in [0.25, 0.3) is 0 Å². The van der Waals surface area contributed by atoms with E-state index in [4.69, 9.17) is 0 Å². The van der Waals surface area contributed by atoms with Gasteiger partial charge in [0.2, 0.25) is 0 Å². The van der Waals surface area contributed by atoms with Crippen LogP contribution in [0, 0.1) is 17.3 Å². The minimum atomic E-state index is -0.286. The average Bonchev–Trinajstić information content (AvgIpc) is 2.94. The Morgan fingerprint density at radius 3 is 2.63 bits per heavy atom. The smallest absolute Gasteiger partial charge is 0.330 e. The molecule has 19 heavy (non-hydrogen) atoms. The first-order chi connectivity index (χ1) is 8.85. The highest BCUT2D eigenvalue weighted by molar-refractivity contribution is 5.83. The molecule has 1 aliphatic rings. The van der Waals surface area contributed by atoms with Gasteiger partial charge >= 0.3 is 5.97 Å². The molecule has 0 radical (unpaired) electrons. The molecule has 0 heterocycles. The molecule has 2 atom stereocenters. The predicted octanol–water partition coefficient (Wildman–Crippen LogP) is 4.51. The Bertz CT molecular complexity index is 363. The third-order valence-corrected chi connectivity index (χ3v) is 4.19. The van der Waals surface area contributed by atoms with Crippen LogP contribution in [0.3, 0.4) is 0 Å². The summed E-state index contributed by atoms with van der Waals surface area (Å²) in [5.74, 6) is 1.38. The molecule has 0 aromatic carbocycles. The summed E-state index contributed by atoms with van der Waals surface area (Å²) in [4.78, 5) is 11.0. The molecule has 0 bridgehead atoms. The van der Waals surface area contributed by atoms with Gasteiger partial charge in [-0.2, -0.15) is 0 Å². The topological polar surface area (TPSA) is 26.3 Å². The Morgan fingerprint density at radius 1 is 1.47 bits per heavy atom. The first-order valence-electron chi connectivity index (χ1n) is 7.28. The van der Waals surface area contributed by atoms with Gasteiger partial charge in [0.1, 0.15) is 0 Å². The summed E-state index contributed by atoms with van der Waals surface area (Å²) in [6.07, 6.45) is 10.8. The van der Waals surface area contributed by atoms with E-state index >= 15 is 0 Å². The minimum absolute atomic E-state index is 0.286. The molecule has 1 saturated carbocycles. The Kier molecular flexibility index (Phi) is 5.84. The maximum absolute atomic E-state index is 11.0. The molecule has 0 aliphatic heterocycles. The van der Waals surface area contributed by atoms with Gasteiger partial charge in [-0.05, 0) is 49.0 Å². The average molecular weight is 264 g/mol. The molecule has 0 amide bonds. The van der Waals surface area contributed by atoms with Crippen molar-refractivity contribution in [1.29, 1.82) is 0 Å². The number of ether oxygens (including phenoxy) is 1. The zero-order chi connectivity index (χ0) is 14.5. The maximum Gasteiger partial charge on any atom is 0.330 e. The Hall–Kier alpha value is -1.05. The van der Waals surface area contributed by atoms with E-state index in [1.54, 1.807) is 0 Å². The highest BCUT2D eigenvalue weighted by atomic mass is 16.5. The number of hydrogen-bond acceptors (Lipinski definition) is 2. The van der Waals surface area contributed by atoms with Crippen LogP contribution in [-0.4, -0.2) is 13.1 Å². The minimum Gasteiger partial charge on any atom is -0.466 e. The van der Waals surface area contributed by atoms with Crippen molar-refractivity contribution in [1.82, 2.24) is 0 Å². The molecular formula is C17H28O2. The van der Waals surface area contributed by atoms with Gasteiger partial charge in [0.25, 0.3) is 0 Å². The summed E-state index contributed by atoms with van der Waals surface area (Å²) in [6.45, 7) is 8.95. The van der Waals surface area contributed by atoms with Crippen LogP contribution in [0.4, 0.5) is 0 Å². The second kappa shape index (κ2) is 6.93. The van der Waals surface area contributed by atoms with Crippen LogP contribution in [0.1, 0.15) is 53.4 Å². The van der Waals surface area contributed by atoms with Crippen molar-refractivity contribution < 1.29 is 9.53 Å². The molecule has 0 saturated heterocycles. The van der Waals surface area contributed by atoms with Crippen molar-refractivity contribution >= 4 is 5.97 Å². The number of esters is 1. The van der Waals surface area contributed by atoms with E-state index in [9.17, 15) is 4.79 Å². The van der Waals surface area contributed by atoms with Crippen LogP contribution in [0.2, 0.25) is 0 Å². The lowest BCUT2D eigenvalue weighted by molar-refractivity contribution is -0.134. The summed E-state index contributed by atoms with van der Waals surface area (Å²) in [7, 11) is 1.40. The molecule has 0 spiro atoms. The van der Waals surface area contributed by atoms with Gasteiger partial charge in [-0.15, -0.1) is 0 Å². The van der Waals surface area contributed by atoms with Gasteiger partial charge < -0.3 is 4.74 Å². The number of rotatable bonds is 7. The van der Waals surface area contributed by atoms with Crippen LogP contribution in [0.15, 0.2) is 23.8 Å². The Morgan fingerprint density at radius 2 is 2.11 bits per heavy atom. The number of carbonyl (C=O) groups excluding carboxylic acids is 1. The number of carbonyl (C=O) groups is 1. The molecule has 0 N–H and O–H groups in total. The predicted molar refractivity (Wildman–Crippen MR) is 79.8 cm³/mol. The monoisotopic (exact) mass is 264 g/mol. The van der Waals surface area contributed by atoms with Gasteiger partial charge in [0.15, 0.2) is 0 Å². The van der Waals surface area contributed by atoms with Crippen molar-refractivity contribution in [2.75, 3.05) is 7.11 Å². The van der Waals surface area contributed by atoms with E-state index in [0.717, 1.165) is 23.8 Å². The van der Waals surface area contributed by atoms with Crippen LogP contribution in [0.5, 0.6) is 0 Å². The van der Waals surface area contributed by atoms with Gasteiger partial charge in [-0.25, -0.2) is 4.79 Å². The summed E-state index contributed by atoms with van der Waals surface area (Å²) >= 11 is 0. The third-order valence-electron chi connectivity index (χ3n) is 4.19. The van der Waals surface area contributed by atoms with Gasteiger partial charge in [-0.1, -0.05) is 39.3 Å². The molecule has 0 aromatic heterocycles. The number of hydrogen-bond donors (Lipinski definition) is 0. The highest BCUT2D eigenvalue weighted by Gasteiger charge is 2.44. The summed E-state index contributed by atoms with van der Waals surface area (Å²) < 4.78 is 4.59. The third kappa shape index (κ3) is 6.09. The van der Waals surface area contributed by atoms with E-state index in [-0.39, 0.29) is 5.97 Å². The van der Waals surface area contributed by atoms with Crippen LogP contribution < -0.4 is 0 Å². The summed E-state index contributed by atoms with van der Waals surface area (Å²) in [5, 5.41) is 0. The molecular weight excluding hydrogens is 236 g/mol. The normalized spacial score (nSPS) is 23.4. The van der Waals surface area contributed by atoms with E-state index in [2.05, 4.69) is 31.6 Å². The standard InChI is InChI=1S/C17H28O2/c1-13(9-10-15-12-17(15,3)4)7-6-8-14(2)11-16(18)19-5/h6,8,11,13,15H,7,9-10,12H2,1-5H3/b8-6+,14-11+. The molecule has 2 nitrogen and oxygen atoms in total. The molecule has 1 aliphatic carbocycles. The molecule has 0 aromatic rings. The van der Waals surface area contributed by atoms with Crippen molar-refractivity contribution in [2.24, 2.45) is 17.3 Å². The molecule has 1 fully saturated rings. The summed E-state index contributed by atoms with van der Waals surface area (Å²) in [6, 6.07) is 0. The fourth-order valence-corrected chi connectivity index (χ4v) is 2.45. The highest BCUT2D eigenvalue weighted by Crippen LogP contribution is 2.54. The van der Waals surface area contributed by atoms with Crippen molar-refractivity contribution in [3.63, 3.8) is 0 Å². The van der Waals surface area contributed by atoms with Gasteiger partial charge in [-0.3, -0.25) is 0 Å². The first kappa shape index (κ1) is 16.0. The number of allylic oxidation sites excluding steroid dienone is 3. The zero-order valence-electron chi connectivity index (χ0n) is 13.0.